The Morgan fingerprint density at radius 3 is 1.47 bits per heavy atom. The van der Waals surface area contributed by atoms with E-state index >= 15 is 0 Å². The van der Waals surface area contributed by atoms with E-state index in [9.17, 15) is 0 Å². The van der Waals surface area contributed by atoms with E-state index in [0.717, 1.165) is 0 Å². The molecule has 0 amide bonds. The smallest absolute Gasteiger partial charge is 0.147 e. The average molecular weight is 761 g/mol. The Labute approximate surface area is 299 Å². The van der Waals surface area contributed by atoms with Gasteiger partial charge in [0.15, 0.2) is 0 Å². The molecule has 3 unspecified atom stereocenters. The van der Waals surface area contributed by atoms with Crippen LogP contribution in [0.1, 0.15) is 107 Å². The van der Waals surface area contributed by atoms with Crippen LogP contribution in [-0.2, 0) is 17.4 Å². The number of halogens is 2. The minimum Gasteiger partial charge on any atom is -0.147 e. The maximum atomic E-state index is 2.78. The molecule has 4 aromatic carbocycles. The number of hydrogen-bond acceptors (Lipinski definition) is 0. The van der Waals surface area contributed by atoms with Gasteiger partial charge < -0.3 is 0 Å². The molecule has 0 nitrogen and oxygen atoms in total. The van der Waals surface area contributed by atoms with E-state index in [1.165, 1.54) is 50.9 Å². The summed E-state index contributed by atoms with van der Waals surface area (Å²) in [5.41, 5.74) is 17.6. The molecule has 0 bridgehead atoms. The summed E-state index contributed by atoms with van der Waals surface area (Å²) in [5, 5.41) is 0. The Kier molecular flexibility index (Phi) is 11.4. The Hall–Kier alpha value is -1.96. The van der Waals surface area contributed by atoms with Crippen LogP contribution in [0, 0.1) is 5.92 Å². The molecule has 248 valence electrons. The van der Waals surface area contributed by atoms with Crippen molar-refractivity contribution in [2.24, 2.45) is 5.92 Å². The summed E-state index contributed by atoms with van der Waals surface area (Å²) >= 11 is -3.67. The Bertz CT molecular complexity index is 1890. The van der Waals surface area contributed by atoms with Gasteiger partial charge in [0.2, 0.25) is 0 Å². The predicted molar refractivity (Wildman–Crippen MR) is 213 cm³/mol. The summed E-state index contributed by atoms with van der Waals surface area (Å²) in [6, 6.07) is 33.0. The van der Waals surface area contributed by atoms with Crippen molar-refractivity contribution in [1.82, 2.24) is 0 Å². The molecular formula is C43H54Cl2SiZr. The van der Waals surface area contributed by atoms with E-state index in [2.05, 4.69) is 162 Å². The summed E-state index contributed by atoms with van der Waals surface area (Å²) in [4.78, 5) is 0. The number of hydrogen-bond donors (Lipinski definition) is 0. The predicted octanol–water partition coefficient (Wildman–Crippen LogP) is 13.1. The third-order valence-corrected chi connectivity index (χ3v) is 28.8. The van der Waals surface area contributed by atoms with Crippen molar-refractivity contribution in [2.75, 3.05) is 0 Å². The third kappa shape index (κ3) is 6.67. The molecule has 0 saturated carbocycles. The molecule has 4 aromatic rings. The molecule has 0 radical (unpaired) electrons. The minimum atomic E-state index is -3.67. The van der Waals surface area contributed by atoms with E-state index < -0.39 is 17.4 Å². The van der Waals surface area contributed by atoms with Crippen molar-refractivity contribution < 1.29 is 17.4 Å². The summed E-state index contributed by atoms with van der Waals surface area (Å²) in [5.74, 6) is 1.65. The maximum absolute atomic E-state index is 3.67. The van der Waals surface area contributed by atoms with Gasteiger partial charge in [0, 0.05) is 0 Å². The van der Waals surface area contributed by atoms with Crippen molar-refractivity contribution in [3.63, 3.8) is 0 Å². The van der Waals surface area contributed by atoms with Gasteiger partial charge in [0.25, 0.3) is 0 Å². The first-order chi connectivity index (χ1) is 21.3. The second-order valence-electron chi connectivity index (χ2n) is 15.8. The first-order valence-electron chi connectivity index (χ1n) is 17.2. The molecule has 0 aliphatic heterocycles. The second-order valence-corrected chi connectivity index (χ2v) is 46.3. The van der Waals surface area contributed by atoms with Crippen LogP contribution in [0.5, 0.6) is 0 Å². The van der Waals surface area contributed by atoms with Gasteiger partial charge in [0.05, 0.1) is 0 Å². The largest absolute Gasteiger partial charge is 0.147 e. The number of fused-ring (bicyclic) bond motifs is 2. The monoisotopic (exact) mass is 758 g/mol. The standard InChI is InChI=1S/C22H25.C19H19.2CH3.2ClH.H2Si.Zr/c1-5-16(4)20-13-19-7-6-8-21(22(19)14-20)18-11-9-17(10-12-18)15(2)3;1-13(2)15-7-9-16(10-8-15)18-6-4-5-17-11-14(3)12-19(17)18;;;;;;/h6-16H,5H2,1-4H3;4-13H,1-3H3;2*1H3;2*1H;1H2;. The molecule has 47 heavy (non-hydrogen) atoms. The van der Waals surface area contributed by atoms with Gasteiger partial charge in [-0.3, -0.25) is 0 Å². The first kappa shape index (κ1) is 37.9. The van der Waals surface area contributed by atoms with Crippen molar-refractivity contribution in [3.05, 3.63) is 129 Å². The van der Waals surface area contributed by atoms with Crippen molar-refractivity contribution >= 4 is 43.8 Å². The topological polar surface area (TPSA) is 0 Å². The number of allylic oxidation sites excluding steroid dienone is 2. The van der Waals surface area contributed by atoms with E-state index in [0.29, 0.717) is 25.0 Å². The van der Waals surface area contributed by atoms with Crippen LogP contribution in [0.4, 0.5) is 0 Å². The van der Waals surface area contributed by atoms with Gasteiger partial charge in [-0.05, 0) is 0 Å². The fourth-order valence-corrected chi connectivity index (χ4v) is 29.2. The number of benzene rings is 4. The van der Waals surface area contributed by atoms with Gasteiger partial charge >= 0.3 is 277 Å². The minimum absolute atomic E-state index is 0. The van der Waals surface area contributed by atoms with Gasteiger partial charge in [-0.25, -0.2) is 0 Å². The van der Waals surface area contributed by atoms with Crippen molar-refractivity contribution in [2.45, 2.75) is 83.2 Å². The van der Waals surface area contributed by atoms with Gasteiger partial charge in [-0.15, -0.1) is 24.8 Å². The van der Waals surface area contributed by atoms with Crippen LogP contribution in [0.2, 0.25) is 9.26 Å². The summed E-state index contributed by atoms with van der Waals surface area (Å²) in [7, 11) is 0. The normalized spacial score (nSPS) is 17.8. The van der Waals surface area contributed by atoms with Gasteiger partial charge in [-0.1, -0.05) is 0 Å². The quantitative estimate of drug-likeness (QED) is 0.157. The molecule has 6 rings (SSSR count). The van der Waals surface area contributed by atoms with Crippen LogP contribution >= 0.6 is 24.8 Å². The third-order valence-electron chi connectivity index (χ3n) is 11.2. The fourth-order valence-electron chi connectivity index (χ4n) is 8.72. The Morgan fingerprint density at radius 2 is 1.04 bits per heavy atom. The summed E-state index contributed by atoms with van der Waals surface area (Å²) < 4.78 is 6.60. The molecule has 0 heterocycles. The Morgan fingerprint density at radius 1 is 0.617 bits per heavy atom. The maximum Gasteiger partial charge on any atom is -0.147 e. The number of rotatable bonds is 8. The molecule has 0 fully saturated rings. The van der Waals surface area contributed by atoms with E-state index in [1.807, 2.05) is 0 Å². The molecule has 0 saturated heterocycles. The van der Waals surface area contributed by atoms with E-state index in [4.69, 9.17) is 0 Å². The van der Waals surface area contributed by atoms with Gasteiger partial charge in [-0.2, -0.15) is 0 Å². The Balaban J connectivity index is 0.00000250. The van der Waals surface area contributed by atoms with Crippen LogP contribution in [-0.4, -0.2) is 6.88 Å². The molecule has 2 aliphatic rings. The summed E-state index contributed by atoms with van der Waals surface area (Å²) in [6.07, 6.45) is 6.36. The molecule has 0 N–H and O–H groups in total. The molecular weight excluding hydrogens is 707 g/mol. The SMILES string of the molecule is CCC(C)C1=Cc2c(-c3ccc(C(C)C)cc3)cccc2[CH]1[Zr]([CH3])([CH3])(=[SiH2])[CH]1C(C)=Cc2c(-c3ccc(C(C)C)cc3)cccc21.Cl.Cl. The van der Waals surface area contributed by atoms with Crippen LogP contribution in [0.3, 0.4) is 0 Å². The van der Waals surface area contributed by atoms with Crippen LogP contribution < -0.4 is 0 Å². The van der Waals surface area contributed by atoms with Gasteiger partial charge in [0.1, 0.15) is 0 Å². The van der Waals surface area contributed by atoms with Crippen LogP contribution in [0.25, 0.3) is 34.4 Å². The van der Waals surface area contributed by atoms with Crippen molar-refractivity contribution in [1.29, 1.82) is 0 Å². The summed E-state index contributed by atoms with van der Waals surface area (Å²) in [6.45, 7) is 18.8. The van der Waals surface area contributed by atoms with E-state index in [-0.39, 0.29) is 24.8 Å². The second kappa shape index (κ2) is 14.1. The molecule has 0 spiro atoms. The van der Waals surface area contributed by atoms with Crippen molar-refractivity contribution in [3.8, 4) is 22.3 Å². The zero-order valence-corrected chi connectivity index (χ0v) is 35.4. The molecule has 3 atom stereocenters. The zero-order chi connectivity index (χ0) is 32.3. The molecule has 2 aliphatic carbocycles. The zero-order valence-electron chi connectivity index (χ0n) is 29.9. The van der Waals surface area contributed by atoms with Crippen LogP contribution in [0.15, 0.2) is 96.1 Å². The fraction of sp³-hybridized carbons (Fsp3) is 0.349. The molecule has 4 heteroatoms. The average Bonchev–Trinajstić information content (AvgIpc) is 3.59. The molecule has 0 aromatic heterocycles. The first-order valence-corrected chi connectivity index (χ1v) is 30.9. The van der Waals surface area contributed by atoms with E-state index in [1.54, 1.807) is 22.3 Å².